The van der Waals surface area contributed by atoms with Gasteiger partial charge in [0.1, 0.15) is 12.7 Å². The highest BCUT2D eigenvalue weighted by Gasteiger charge is 2.24. The molecule has 0 N–H and O–H groups in total. The Balaban J connectivity index is 1.82. The molecule has 1 fully saturated rings. The molecule has 3 rings (SSSR count). The van der Waals surface area contributed by atoms with E-state index in [1.165, 1.54) is 19.8 Å². The van der Waals surface area contributed by atoms with Crippen LogP contribution < -0.4 is 11.2 Å². The minimum Gasteiger partial charge on any atom is -0.299 e. The van der Waals surface area contributed by atoms with E-state index in [0.29, 0.717) is 12.6 Å². The molecule has 0 bridgehead atoms. The number of hydrogen-bond acceptors (Lipinski definition) is 5. The fourth-order valence-corrected chi connectivity index (χ4v) is 3.16. The Morgan fingerprint density at radius 1 is 1.22 bits per heavy atom. The van der Waals surface area contributed by atoms with Crippen LogP contribution in [0, 0.1) is 0 Å². The Labute approximate surface area is 134 Å². The van der Waals surface area contributed by atoms with Crippen molar-refractivity contribution in [2.45, 2.75) is 38.4 Å². The zero-order chi connectivity index (χ0) is 16.4. The second kappa shape index (κ2) is 6.49. The van der Waals surface area contributed by atoms with Crippen molar-refractivity contribution in [1.82, 2.24) is 28.8 Å². The maximum Gasteiger partial charge on any atom is 0.330 e. The van der Waals surface area contributed by atoms with Crippen molar-refractivity contribution in [1.29, 1.82) is 0 Å². The molecule has 1 aliphatic heterocycles. The van der Waals surface area contributed by atoms with Gasteiger partial charge >= 0.3 is 5.69 Å². The Bertz CT molecular complexity index is 776. The number of likely N-dealkylation sites (tertiary alicyclic amines) is 1. The van der Waals surface area contributed by atoms with Gasteiger partial charge in [0.05, 0.1) is 6.54 Å². The largest absolute Gasteiger partial charge is 0.330 e. The molecule has 0 amide bonds. The van der Waals surface area contributed by atoms with Crippen molar-refractivity contribution in [3.05, 3.63) is 45.3 Å². The second-order valence-corrected chi connectivity index (χ2v) is 6.11. The van der Waals surface area contributed by atoms with Gasteiger partial charge in [0.15, 0.2) is 0 Å². The Kier molecular flexibility index (Phi) is 4.42. The van der Waals surface area contributed by atoms with Crippen molar-refractivity contribution >= 4 is 0 Å². The maximum absolute atomic E-state index is 12.1. The first-order valence-corrected chi connectivity index (χ1v) is 7.88. The molecule has 1 saturated heterocycles. The summed E-state index contributed by atoms with van der Waals surface area (Å²) in [7, 11) is 3.22. The van der Waals surface area contributed by atoms with Crippen LogP contribution in [0.25, 0.3) is 0 Å². The van der Waals surface area contributed by atoms with Crippen LogP contribution in [0.15, 0.2) is 28.3 Å². The van der Waals surface area contributed by atoms with Crippen molar-refractivity contribution in [2.24, 2.45) is 14.1 Å². The molecule has 0 saturated carbocycles. The molecular weight excluding hydrogens is 296 g/mol. The quantitative estimate of drug-likeness (QED) is 0.775. The van der Waals surface area contributed by atoms with Gasteiger partial charge in [-0.3, -0.25) is 23.5 Å². The lowest BCUT2D eigenvalue weighted by Gasteiger charge is -2.35. The second-order valence-electron chi connectivity index (χ2n) is 6.11. The first-order valence-electron chi connectivity index (χ1n) is 7.88. The number of rotatable bonds is 4. The third kappa shape index (κ3) is 3.26. The fourth-order valence-electron chi connectivity index (χ4n) is 3.16. The molecule has 2 aromatic rings. The van der Waals surface area contributed by atoms with Crippen LogP contribution in [0.5, 0.6) is 0 Å². The molecule has 23 heavy (non-hydrogen) atoms. The van der Waals surface area contributed by atoms with Gasteiger partial charge in [-0.1, -0.05) is 6.42 Å². The number of piperidine rings is 1. The maximum atomic E-state index is 12.1. The first-order chi connectivity index (χ1) is 11.1. The summed E-state index contributed by atoms with van der Waals surface area (Å²) in [6, 6.07) is 1.90. The lowest BCUT2D eigenvalue weighted by atomic mass is 10.0. The van der Waals surface area contributed by atoms with Crippen molar-refractivity contribution in [3.8, 4) is 0 Å². The molecule has 8 heteroatoms. The summed E-state index contributed by atoms with van der Waals surface area (Å²) in [6.45, 7) is 2.34. The normalized spacial score (nSPS) is 19.1. The number of nitrogens with zero attached hydrogens (tertiary/aromatic N) is 6. The zero-order valence-electron chi connectivity index (χ0n) is 13.6. The van der Waals surface area contributed by atoms with Crippen LogP contribution in [0.2, 0.25) is 0 Å². The fraction of sp³-hybridized carbons (Fsp3) is 0.600. The van der Waals surface area contributed by atoms with Crippen molar-refractivity contribution in [2.75, 3.05) is 6.54 Å². The summed E-state index contributed by atoms with van der Waals surface area (Å²) in [5, 5.41) is 4.18. The standard InChI is InChI=1S/C15H22N6O2/c1-18-13(7-14(22)19(2)15(18)23)8-20-6-4-3-5-12(20)9-21-11-16-10-17-21/h7,10-12H,3-6,8-9H2,1-2H3/t12-/m0/s1. The summed E-state index contributed by atoms with van der Waals surface area (Å²) in [5.74, 6) is 0. The Hall–Kier alpha value is -2.22. The molecule has 2 aromatic heterocycles. The Morgan fingerprint density at radius 2 is 2.04 bits per heavy atom. The van der Waals surface area contributed by atoms with Crippen molar-refractivity contribution in [3.63, 3.8) is 0 Å². The lowest BCUT2D eigenvalue weighted by Crippen LogP contribution is -2.44. The summed E-state index contributed by atoms with van der Waals surface area (Å²) in [5.41, 5.74) is 0.217. The molecule has 0 spiro atoms. The third-order valence-corrected chi connectivity index (χ3v) is 4.60. The van der Waals surface area contributed by atoms with E-state index in [1.807, 2.05) is 4.68 Å². The van der Waals surface area contributed by atoms with Gasteiger partial charge in [-0.25, -0.2) is 9.78 Å². The molecule has 0 aromatic carbocycles. The predicted octanol–water partition coefficient (Wildman–Crippen LogP) is -0.270. The molecule has 124 valence electrons. The van der Waals surface area contributed by atoms with Crippen LogP contribution in [0.3, 0.4) is 0 Å². The van der Waals surface area contributed by atoms with Crippen LogP contribution in [-0.2, 0) is 27.2 Å². The van der Waals surface area contributed by atoms with Gasteiger partial charge in [-0.05, 0) is 19.4 Å². The van der Waals surface area contributed by atoms with Gasteiger partial charge < -0.3 is 0 Å². The van der Waals surface area contributed by atoms with Gasteiger partial charge in [0.25, 0.3) is 5.56 Å². The molecule has 8 nitrogen and oxygen atoms in total. The Morgan fingerprint density at radius 3 is 2.78 bits per heavy atom. The van der Waals surface area contributed by atoms with Gasteiger partial charge in [0, 0.05) is 38.4 Å². The molecular formula is C15H22N6O2. The molecule has 0 unspecified atom stereocenters. The van der Waals surface area contributed by atoms with Crippen LogP contribution in [0.1, 0.15) is 25.0 Å². The van der Waals surface area contributed by atoms with E-state index in [-0.39, 0.29) is 11.2 Å². The van der Waals surface area contributed by atoms with E-state index in [4.69, 9.17) is 0 Å². The monoisotopic (exact) mass is 318 g/mol. The smallest absolute Gasteiger partial charge is 0.299 e. The van der Waals surface area contributed by atoms with Crippen molar-refractivity contribution < 1.29 is 0 Å². The number of aromatic nitrogens is 5. The van der Waals surface area contributed by atoms with Crippen LogP contribution >= 0.6 is 0 Å². The summed E-state index contributed by atoms with van der Waals surface area (Å²) >= 11 is 0. The third-order valence-electron chi connectivity index (χ3n) is 4.60. The first kappa shape index (κ1) is 15.7. The average Bonchev–Trinajstić information content (AvgIpc) is 3.05. The van der Waals surface area contributed by atoms with E-state index in [9.17, 15) is 9.59 Å². The molecule has 0 radical (unpaired) electrons. The minimum absolute atomic E-state index is 0.257. The van der Waals surface area contributed by atoms with Gasteiger partial charge in [0.2, 0.25) is 0 Å². The summed E-state index contributed by atoms with van der Waals surface area (Å²) in [4.78, 5) is 30.3. The molecule has 0 aliphatic carbocycles. The van der Waals surface area contributed by atoms with Gasteiger partial charge in [-0.2, -0.15) is 5.10 Å². The van der Waals surface area contributed by atoms with E-state index in [1.54, 1.807) is 24.0 Å². The highest BCUT2D eigenvalue weighted by atomic mass is 16.2. The van der Waals surface area contributed by atoms with E-state index >= 15 is 0 Å². The van der Waals surface area contributed by atoms with Crippen LogP contribution in [0.4, 0.5) is 0 Å². The van der Waals surface area contributed by atoms with Gasteiger partial charge in [-0.15, -0.1) is 0 Å². The lowest BCUT2D eigenvalue weighted by molar-refractivity contribution is 0.118. The van der Waals surface area contributed by atoms with Crippen LogP contribution in [-0.4, -0.2) is 41.4 Å². The average molecular weight is 318 g/mol. The zero-order valence-corrected chi connectivity index (χ0v) is 13.6. The number of hydrogen-bond donors (Lipinski definition) is 0. The van der Waals surface area contributed by atoms with E-state index in [0.717, 1.165) is 36.2 Å². The highest BCUT2D eigenvalue weighted by Crippen LogP contribution is 2.20. The molecule has 1 atom stereocenters. The topological polar surface area (TPSA) is 78.0 Å². The van der Waals surface area contributed by atoms with E-state index < -0.39 is 0 Å². The summed E-state index contributed by atoms with van der Waals surface area (Å²) < 4.78 is 4.53. The summed E-state index contributed by atoms with van der Waals surface area (Å²) in [6.07, 6.45) is 6.66. The minimum atomic E-state index is -0.280. The molecule has 1 aliphatic rings. The molecule has 3 heterocycles. The highest BCUT2D eigenvalue weighted by molar-refractivity contribution is 5.03. The predicted molar refractivity (Wildman–Crippen MR) is 85.0 cm³/mol. The van der Waals surface area contributed by atoms with E-state index in [2.05, 4.69) is 15.0 Å². The SMILES string of the molecule is Cn1c(CN2CCCC[C@H]2Cn2cncn2)cc(=O)n(C)c1=O.